The fourth-order valence-corrected chi connectivity index (χ4v) is 4.29. The fourth-order valence-electron chi connectivity index (χ4n) is 4.29. The number of aliphatic hydroxyl groups excluding tert-OH is 1. The van der Waals surface area contributed by atoms with Gasteiger partial charge in [-0.3, -0.25) is 0 Å². The second kappa shape index (κ2) is 9.03. The first-order chi connectivity index (χ1) is 16.8. The molecule has 0 saturated carbocycles. The predicted molar refractivity (Wildman–Crippen MR) is 123 cm³/mol. The molecule has 0 spiro atoms. The first-order valence-corrected chi connectivity index (χ1v) is 11.0. The van der Waals surface area contributed by atoms with Gasteiger partial charge in [-0.25, -0.2) is 27.8 Å². The van der Waals surface area contributed by atoms with Crippen molar-refractivity contribution in [3.05, 3.63) is 88.8 Å². The number of benzene rings is 2. The van der Waals surface area contributed by atoms with Gasteiger partial charge in [-0.05, 0) is 54.8 Å². The number of aryl methyl sites for hydroxylation is 2. The minimum atomic E-state index is -1.55. The van der Waals surface area contributed by atoms with Crippen molar-refractivity contribution >= 4 is 12.2 Å². The van der Waals surface area contributed by atoms with E-state index >= 15 is 0 Å². The summed E-state index contributed by atoms with van der Waals surface area (Å²) in [6.07, 6.45) is 6.52. The summed E-state index contributed by atoms with van der Waals surface area (Å²) in [4.78, 5) is 8.73. The second-order valence-electron chi connectivity index (χ2n) is 8.37. The van der Waals surface area contributed by atoms with Gasteiger partial charge in [-0.1, -0.05) is 12.1 Å². The Hall–Kier alpha value is -3.92. The molecular formula is C25H22F3N5O2. The standard InChI is InChI=1S/C25H22F3N5O2/c1-14-12-32(13-29-14)19-5-3-15(9-21(19)35-2)4-6-22-30-25-23(20(34)7-8-33(25)31-22)16-10-17(26)24(28)18(27)11-16/h3-6,9-13,20,23,34H,7-8H2,1-2H3/t20-,23+/m0/s1. The third-order valence-corrected chi connectivity index (χ3v) is 6.00. The number of hydrogen-bond donors (Lipinski definition) is 1. The maximum atomic E-state index is 13.8. The average molecular weight is 481 g/mol. The molecule has 7 nitrogen and oxygen atoms in total. The van der Waals surface area contributed by atoms with Gasteiger partial charge in [0, 0.05) is 12.7 Å². The van der Waals surface area contributed by atoms with Crippen molar-refractivity contribution in [3.63, 3.8) is 0 Å². The number of aliphatic hydroxyl groups is 1. The minimum absolute atomic E-state index is 0.104. The van der Waals surface area contributed by atoms with Crippen LogP contribution in [0.15, 0.2) is 42.9 Å². The number of imidazole rings is 1. The first kappa shape index (κ1) is 22.9. The molecule has 1 N–H and O–H groups in total. The number of methoxy groups -OCH3 is 1. The van der Waals surface area contributed by atoms with E-state index in [2.05, 4.69) is 15.1 Å². The summed E-state index contributed by atoms with van der Waals surface area (Å²) >= 11 is 0. The van der Waals surface area contributed by atoms with E-state index in [1.807, 2.05) is 42.0 Å². The quantitative estimate of drug-likeness (QED) is 0.431. The number of nitrogens with zero attached hydrogens (tertiary/aromatic N) is 5. The van der Waals surface area contributed by atoms with Crippen LogP contribution >= 0.6 is 0 Å². The van der Waals surface area contributed by atoms with Gasteiger partial charge < -0.3 is 14.4 Å². The summed E-state index contributed by atoms with van der Waals surface area (Å²) in [6.45, 7) is 2.30. The van der Waals surface area contributed by atoms with Crippen LogP contribution in [0.25, 0.3) is 17.8 Å². The highest BCUT2D eigenvalue weighted by Crippen LogP contribution is 2.34. The van der Waals surface area contributed by atoms with E-state index in [0.29, 0.717) is 30.4 Å². The van der Waals surface area contributed by atoms with Gasteiger partial charge in [0.25, 0.3) is 0 Å². The number of fused-ring (bicyclic) bond motifs is 1. The number of ether oxygens (including phenoxy) is 1. The lowest BCUT2D eigenvalue weighted by molar-refractivity contribution is 0.118. The Labute approximate surface area is 199 Å². The summed E-state index contributed by atoms with van der Waals surface area (Å²) in [7, 11) is 1.59. The predicted octanol–water partition coefficient (Wildman–Crippen LogP) is 4.27. The Bertz CT molecular complexity index is 1410. The zero-order chi connectivity index (χ0) is 24.7. The Morgan fingerprint density at radius 2 is 1.89 bits per heavy atom. The van der Waals surface area contributed by atoms with E-state index in [4.69, 9.17) is 4.74 Å². The van der Waals surface area contributed by atoms with E-state index < -0.39 is 29.5 Å². The summed E-state index contributed by atoms with van der Waals surface area (Å²) in [5.41, 5.74) is 2.68. The van der Waals surface area contributed by atoms with Crippen LogP contribution in [0.5, 0.6) is 5.75 Å². The van der Waals surface area contributed by atoms with Crippen LogP contribution in [-0.4, -0.2) is 42.6 Å². The molecule has 2 aromatic heterocycles. The van der Waals surface area contributed by atoms with Gasteiger partial charge in [0.1, 0.15) is 11.6 Å². The second-order valence-corrected chi connectivity index (χ2v) is 8.37. The maximum absolute atomic E-state index is 13.8. The number of halogens is 3. The van der Waals surface area contributed by atoms with Gasteiger partial charge >= 0.3 is 0 Å². The summed E-state index contributed by atoms with van der Waals surface area (Å²) < 4.78 is 50.1. The normalized spacial score (nSPS) is 17.7. The Morgan fingerprint density at radius 1 is 1.11 bits per heavy atom. The van der Waals surface area contributed by atoms with Crippen molar-refractivity contribution < 1.29 is 23.0 Å². The Morgan fingerprint density at radius 3 is 2.57 bits per heavy atom. The largest absolute Gasteiger partial charge is 0.495 e. The molecule has 2 aromatic carbocycles. The van der Waals surface area contributed by atoms with Crippen LogP contribution in [0.3, 0.4) is 0 Å². The molecule has 0 radical (unpaired) electrons. The van der Waals surface area contributed by atoms with Crippen LogP contribution in [0, 0.1) is 24.4 Å². The van der Waals surface area contributed by atoms with Crippen molar-refractivity contribution in [3.8, 4) is 11.4 Å². The van der Waals surface area contributed by atoms with E-state index in [0.717, 1.165) is 29.1 Å². The highest BCUT2D eigenvalue weighted by Gasteiger charge is 2.34. The van der Waals surface area contributed by atoms with Crippen molar-refractivity contribution in [2.75, 3.05) is 7.11 Å². The van der Waals surface area contributed by atoms with E-state index in [1.165, 1.54) is 0 Å². The zero-order valence-electron chi connectivity index (χ0n) is 19.0. The molecule has 5 rings (SSSR count). The van der Waals surface area contributed by atoms with Crippen molar-refractivity contribution in [1.82, 2.24) is 24.3 Å². The highest BCUT2D eigenvalue weighted by molar-refractivity contribution is 5.69. The van der Waals surface area contributed by atoms with Crippen molar-refractivity contribution in [2.45, 2.75) is 31.9 Å². The fraction of sp³-hybridized carbons (Fsp3) is 0.240. The SMILES string of the molecule is COc1cc(C=Cc2nc3n(n2)CC[C@H](O)[C@H]3c2cc(F)c(F)c(F)c2)ccc1-n1cnc(C)c1. The molecular weight excluding hydrogens is 459 g/mol. The van der Waals surface area contributed by atoms with Crippen LogP contribution in [0.4, 0.5) is 13.2 Å². The smallest absolute Gasteiger partial charge is 0.194 e. The summed E-state index contributed by atoms with van der Waals surface area (Å²) in [5.74, 6) is -3.62. The molecule has 3 heterocycles. The highest BCUT2D eigenvalue weighted by atomic mass is 19.2. The van der Waals surface area contributed by atoms with Gasteiger partial charge in [-0.15, -0.1) is 0 Å². The monoisotopic (exact) mass is 481 g/mol. The lowest BCUT2D eigenvalue weighted by Crippen LogP contribution is -2.30. The van der Waals surface area contributed by atoms with Crippen LogP contribution in [0.2, 0.25) is 0 Å². The topological polar surface area (TPSA) is 78.0 Å². The molecule has 180 valence electrons. The molecule has 1 aliphatic rings. The molecule has 0 fully saturated rings. The minimum Gasteiger partial charge on any atom is -0.495 e. The summed E-state index contributed by atoms with van der Waals surface area (Å²) in [5, 5.41) is 15.0. The van der Waals surface area contributed by atoms with E-state index in [1.54, 1.807) is 24.2 Å². The summed E-state index contributed by atoms with van der Waals surface area (Å²) in [6, 6.07) is 7.48. The molecule has 0 unspecified atom stereocenters. The molecule has 0 saturated heterocycles. The van der Waals surface area contributed by atoms with Crippen molar-refractivity contribution in [1.29, 1.82) is 0 Å². The molecule has 0 aliphatic carbocycles. The molecule has 4 aromatic rings. The molecule has 0 bridgehead atoms. The number of hydrogen-bond acceptors (Lipinski definition) is 5. The lowest BCUT2D eigenvalue weighted by atomic mass is 9.88. The van der Waals surface area contributed by atoms with Crippen LogP contribution in [-0.2, 0) is 6.54 Å². The zero-order valence-corrected chi connectivity index (χ0v) is 19.0. The molecule has 0 amide bonds. The lowest BCUT2D eigenvalue weighted by Gasteiger charge is -2.27. The molecule has 2 atom stereocenters. The van der Waals surface area contributed by atoms with Gasteiger partial charge in [-0.2, -0.15) is 5.10 Å². The molecule has 35 heavy (non-hydrogen) atoms. The number of rotatable bonds is 5. The third kappa shape index (κ3) is 4.32. The van der Waals surface area contributed by atoms with Crippen molar-refractivity contribution in [2.24, 2.45) is 0 Å². The van der Waals surface area contributed by atoms with Gasteiger partial charge in [0.15, 0.2) is 23.3 Å². The third-order valence-electron chi connectivity index (χ3n) is 6.00. The average Bonchev–Trinajstić information content (AvgIpc) is 3.46. The maximum Gasteiger partial charge on any atom is 0.194 e. The van der Waals surface area contributed by atoms with Gasteiger partial charge in [0.05, 0.1) is 36.8 Å². The van der Waals surface area contributed by atoms with E-state index in [-0.39, 0.29) is 5.56 Å². The van der Waals surface area contributed by atoms with E-state index in [9.17, 15) is 18.3 Å². The Kier molecular flexibility index (Phi) is 5.89. The molecule has 10 heteroatoms. The number of aromatic nitrogens is 5. The van der Waals surface area contributed by atoms with Gasteiger partial charge in [0.2, 0.25) is 0 Å². The molecule has 1 aliphatic heterocycles. The van der Waals surface area contributed by atoms with Crippen LogP contribution in [0.1, 0.15) is 40.8 Å². The van der Waals surface area contributed by atoms with Crippen LogP contribution < -0.4 is 4.74 Å². The first-order valence-electron chi connectivity index (χ1n) is 11.0. The Balaban J connectivity index is 1.44.